The summed E-state index contributed by atoms with van der Waals surface area (Å²) in [6, 6.07) is 21.3. The number of hydrogen-bond acceptors (Lipinski definition) is 5. The van der Waals surface area contributed by atoms with Gasteiger partial charge in [0.2, 0.25) is 5.91 Å². The first-order valence-corrected chi connectivity index (χ1v) is 10.9. The zero-order valence-corrected chi connectivity index (χ0v) is 18.5. The molecule has 3 rings (SSSR count). The lowest BCUT2D eigenvalue weighted by Crippen LogP contribution is -2.21. The molecule has 2 amide bonds. The van der Waals surface area contributed by atoms with Gasteiger partial charge in [0.05, 0.1) is 10.4 Å². The Bertz CT molecular complexity index is 1090. The number of nitrogens with zero attached hydrogens (tertiary/aromatic N) is 2. The first-order valence-electron chi connectivity index (χ1n) is 9.25. The van der Waals surface area contributed by atoms with Crippen LogP contribution in [0.1, 0.15) is 31.6 Å². The van der Waals surface area contributed by atoms with E-state index in [4.69, 9.17) is 0 Å². The maximum Gasteiger partial charge on any atom is 0.263 e. The average molecular weight is 436 g/mol. The standard InChI is InChI=1S/C23H21N3O2S2/c1-15-18(14-24)22(30-19(15)23(28)26(2)3)25-21(27)20(16-10-6-4-7-11-16)29-17-12-8-5-9-13-17/h4-13,20H,1-3H3,(H,25,27)/t20-/m0/s1. The highest BCUT2D eigenvalue weighted by Gasteiger charge is 2.26. The molecule has 0 aliphatic heterocycles. The monoisotopic (exact) mass is 435 g/mol. The topological polar surface area (TPSA) is 73.2 Å². The number of rotatable bonds is 6. The molecule has 0 spiro atoms. The largest absolute Gasteiger partial charge is 0.344 e. The average Bonchev–Trinajstić information content (AvgIpc) is 3.07. The van der Waals surface area contributed by atoms with Crippen molar-refractivity contribution in [2.24, 2.45) is 0 Å². The number of carbonyl (C=O) groups excluding carboxylic acids is 2. The Labute approximate surface area is 184 Å². The van der Waals surface area contributed by atoms with Crippen molar-refractivity contribution >= 4 is 39.9 Å². The predicted molar refractivity (Wildman–Crippen MR) is 122 cm³/mol. The van der Waals surface area contributed by atoms with Crippen LogP contribution in [0.4, 0.5) is 5.00 Å². The van der Waals surface area contributed by atoms with Gasteiger partial charge in [0.1, 0.15) is 16.3 Å². The van der Waals surface area contributed by atoms with Crippen LogP contribution in [0.3, 0.4) is 0 Å². The molecule has 7 heteroatoms. The van der Waals surface area contributed by atoms with E-state index in [2.05, 4.69) is 11.4 Å². The Morgan fingerprint density at radius 2 is 1.67 bits per heavy atom. The second kappa shape index (κ2) is 9.61. The van der Waals surface area contributed by atoms with Gasteiger partial charge in [-0.2, -0.15) is 5.26 Å². The van der Waals surface area contributed by atoms with E-state index >= 15 is 0 Å². The number of carbonyl (C=O) groups is 2. The van der Waals surface area contributed by atoms with Crippen molar-refractivity contribution in [2.75, 3.05) is 19.4 Å². The molecule has 0 saturated carbocycles. The summed E-state index contributed by atoms with van der Waals surface area (Å²) in [5, 5.41) is 12.4. The van der Waals surface area contributed by atoms with Gasteiger partial charge in [0, 0.05) is 19.0 Å². The van der Waals surface area contributed by atoms with E-state index in [9.17, 15) is 14.9 Å². The van der Waals surface area contributed by atoms with Crippen LogP contribution in [-0.4, -0.2) is 30.8 Å². The van der Waals surface area contributed by atoms with Gasteiger partial charge < -0.3 is 10.2 Å². The molecule has 1 N–H and O–H groups in total. The number of anilines is 1. The fraction of sp³-hybridized carbons (Fsp3) is 0.174. The van der Waals surface area contributed by atoms with Crippen molar-refractivity contribution in [1.82, 2.24) is 4.90 Å². The van der Waals surface area contributed by atoms with Crippen LogP contribution in [0.2, 0.25) is 0 Å². The summed E-state index contributed by atoms with van der Waals surface area (Å²) in [6.45, 7) is 1.73. The van der Waals surface area contributed by atoms with Gasteiger partial charge in [-0.3, -0.25) is 9.59 Å². The minimum Gasteiger partial charge on any atom is -0.344 e. The SMILES string of the molecule is Cc1c(C(=O)N(C)C)sc(NC(=O)[C@@H](Sc2ccccc2)c2ccccc2)c1C#N. The molecule has 0 aliphatic rings. The third-order valence-electron chi connectivity index (χ3n) is 4.43. The van der Waals surface area contributed by atoms with E-state index in [0.29, 0.717) is 21.0 Å². The lowest BCUT2D eigenvalue weighted by atomic mass is 10.1. The Morgan fingerprint density at radius 3 is 2.23 bits per heavy atom. The maximum atomic E-state index is 13.3. The molecule has 1 aromatic heterocycles. The molecular formula is C23H21N3O2S2. The number of nitrogens with one attached hydrogen (secondary N) is 1. The molecule has 2 aromatic carbocycles. The summed E-state index contributed by atoms with van der Waals surface area (Å²) in [4.78, 5) is 28.6. The van der Waals surface area contributed by atoms with Crippen LogP contribution >= 0.6 is 23.1 Å². The van der Waals surface area contributed by atoms with Crippen LogP contribution in [0.25, 0.3) is 0 Å². The summed E-state index contributed by atoms with van der Waals surface area (Å²) in [6.07, 6.45) is 0. The van der Waals surface area contributed by atoms with Crippen LogP contribution in [0.5, 0.6) is 0 Å². The quantitative estimate of drug-likeness (QED) is 0.547. The summed E-state index contributed by atoms with van der Waals surface area (Å²) >= 11 is 2.58. The third kappa shape index (κ3) is 4.73. The number of thiophene rings is 1. The molecule has 0 saturated heterocycles. The summed E-state index contributed by atoms with van der Waals surface area (Å²) < 4.78 is 0. The second-order valence-corrected chi connectivity index (χ2v) is 8.98. The summed E-state index contributed by atoms with van der Waals surface area (Å²) in [7, 11) is 3.32. The zero-order valence-electron chi connectivity index (χ0n) is 16.9. The second-order valence-electron chi connectivity index (χ2n) is 6.78. The van der Waals surface area contributed by atoms with Gasteiger partial charge in [0.25, 0.3) is 5.91 Å². The smallest absolute Gasteiger partial charge is 0.263 e. The van der Waals surface area contributed by atoms with E-state index in [1.165, 1.54) is 16.7 Å². The first-order chi connectivity index (χ1) is 14.4. The third-order valence-corrected chi connectivity index (χ3v) is 6.89. The molecule has 0 bridgehead atoms. The molecule has 0 fully saturated rings. The van der Waals surface area contributed by atoms with Crippen molar-refractivity contribution < 1.29 is 9.59 Å². The van der Waals surface area contributed by atoms with E-state index < -0.39 is 5.25 Å². The van der Waals surface area contributed by atoms with Crippen LogP contribution in [0, 0.1) is 18.3 Å². The zero-order chi connectivity index (χ0) is 21.7. The van der Waals surface area contributed by atoms with Crippen LogP contribution in [-0.2, 0) is 4.79 Å². The Hall–Kier alpha value is -3.08. The molecule has 0 radical (unpaired) electrons. The highest BCUT2D eigenvalue weighted by atomic mass is 32.2. The number of nitriles is 1. The molecule has 1 heterocycles. The van der Waals surface area contributed by atoms with Crippen molar-refractivity contribution in [2.45, 2.75) is 17.1 Å². The number of thioether (sulfide) groups is 1. The Morgan fingerprint density at radius 1 is 1.07 bits per heavy atom. The molecular weight excluding hydrogens is 414 g/mol. The van der Waals surface area contributed by atoms with Gasteiger partial charge in [-0.25, -0.2) is 0 Å². The summed E-state index contributed by atoms with van der Waals surface area (Å²) in [5.74, 6) is -0.426. The van der Waals surface area contributed by atoms with Gasteiger partial charge >= 0.3 is 0 Å². The predicted octanol–water partition coefficient (Wildman–Crippen LogP) is 5.10. The first kappa shape index (κ1) is 21.6. The molecule has 1 atom stereocenters. The lowest BCUT2D eigenvalue weighted by Gasteiger charge is -2.16. The molecule has 5 nitrogen and oxygen atoms in total. The van der Waals surface area contributed by atoms with E-state index in [1.807, 2.05) is 60.7 Å². The molecule has 30 heavy (non-hydrogen) atoms. The van der Waals surface area contributed by atoms with Gasteiger partial charge in [0.15, 0.2) is 0 Å². The molecule has 3 aromatic rings. The molecule has 0 unspecified atom stereocenters. The summed E-state index contributed by atoms with van der Waals surface area (Å²) in [5.41, 5.74) is 1.78. The lowest BCUT2D eigenvalue weighted by molar-refractivity contribution is -0.115. The number of benzene rings is 2. The Balaban J connectivity index is 1.94. The van der Waals surface area contributed by atoms with Crippen LogP contribution < -0.4 is 5.32 Å². The highest BCUT2D eigenvalue weighted by Crippen LogP contribution is 2.38. The number of amides is 2. The van der Waals surface area contributed by atoms with Gasteiger partial charge in [-0.15, -0.1) is 23.1 Å². The van der Waals surface area contributed by atoms with Crippen molar-refractivity contribution in [1.29, 1.82) is 5.26 Å². The maximum absolute atomic E-state index is 13.3. The van der Waals surface area contributed by atoms with Gasteiger partial charge in [-0.05, 0) is 30.2 Å². The fourth-order valence-corrected chi connectivity index (χ4v) is 5.08. The normalized spacial score (nSPS) is 11.4. The fourth-order valence-electron chi connectivity index (χ4n) is 2.86. The van der Waals surface area contributed by atoms with Crippen molar-refractivity contribution in [3.63, 3.8) is 0 Å². The Kier molecular flexibility index (Phi) is 6.93. The van der Waals surface area contributed by atoms with E-state index in [-0.39, 0.29) is 11.8 Å². The molecule has 152 valence electrons. The van der Waals surface area contributed by atoms with E-state index in [0.717, 1.165) is 21.8 Å². The van der Waals surface area contributed by atoms with Crippen LogP contribution in [0.15, 0.2) is 65.6 Å². The van der Waals surface area contributed by atoms with Crippen molar-refractivity contribution in [3.05, 3.63) is 82.2 Å². The number of hydrogen-bond donors (Lipinski definition) is 1. The van der Waals surface area contributed by atoms with E-state index in [1.54, 1.807) is 21.0 Å². The van der Waals surface area contributed by atoms with Crippen molar-refractivity contribution in [3.8, 4) is 6.07 Å². The highest BCUT2D eigenvalue weighted by molar-refractivity contribution is 8.00. The minimum absolute atomic E-state index is 0.187. The minimum atomic E-state index is -0.504. The molecule has 0 aliphatic carbocycles. The van der Waals surface area contributed by atoms with Gasteiger partial charge in [-0.1, -0.05) is 48.5 Å².